The number of ether oxygens (including phenoxy) is 1. The fourth-order valence-electron chi connectivity index (χ4n) is 1.14. The number of aliphatic carboxylic acids is 1. The van der Waals surface area contributed by atoms with E-state index in [-0.39, 0.29) is 0 Å². The number of hydrogen-bond acceptors (Lipinski definition) is 3. The fraction of sp³-hybridized carbons (Fsp3) is 0.250. The van der Waals surface area contributed by atoms with Crippen LogP contribution in [0.1, 0.15) is 6.92 Å². The normalized spacial score (nSPS) is 11.0. The van der Waals surface area contributed by atoms with Gasteiger partial charge >= 0.3 is 5.97 Å². The Labute approximate surface area is 94.6 Å². The zero-order valence-corrected chi connectivity index (χ0v) is 9.36. The Morgan fingerprint density at radius 3 is 2.94 bits per heavy atom. The van der Waals surface area contributed by atoms with E-state index in [0.717, 1.165) is 11.4 Å². The van der Waals surface area contributed by atoms with Gasteiger partial charge < -0.3 is 15.2 Å². The smallest absolute Gasteiger partial charge is 0.331 e. The monoisotopic (exact) mass is 221 g/mol. The molecule has 0 aliphatic carbocycles. The van der Waals surface area contributed by atoms with Crippen molar-refractivity contribution in [2.24, 2.45) is 0 Å². The van der Waals surface area contributed by atoms with Crippen LogP contribution >= 0.6 is 0 Å². The summed E-state index contributed by atoms with van der Waals surface area (Å²) in [6.07, 6.45) is 1.63. The molecule has 0 saturated carbocycles. The molecule has 0 aromatic heterocycles. The molecule has 0 amide bonds. The number of anilines is 1. The molecule has 16 heavy (non-hydrogen) atoms. The van der Waals surface area contributed by atoms with Crippen molar-refractivity contribution >= 4 is 11.7 Å². The van der Waals surface area contributed by atoms with Crippen LogP contribution in [0.5, 0.6) is 5.75 Å². The summed E-state index contributed by atoms with van der Waals surface area (Å²) >= 11 is 0. The average Bonchev–Trinajstić information content (AvgIpc) is 2.29. The number of carboxylic acid groups (broad SMARTS) is 1. The topological polar surface area (TPSA) is 58.6 Å². The number of hydrogen-bond donors (Lipinski definition) is 2. The van der Waals surface area contributed by atoms with E-state index in [9.17, 15) is 4.79 Å². The first-order chi connectivity index (χ1) is 7.63. The lowest BCUT2D eigenvalue weighted by molar-refractivity contribution is -0.132. The number of rotatable bonds is 5. The van der Waals surface area contributed by atoms with Gasteiger partial charge in [-0.1, -0.05) is 12.1 Å². The molecule has 0 aliphatic rings. The predicted octanol–water partition coefficient (Wildman–Crippen LogP) is 2.14. The van der Waals surface area contributed by atoms with E-state index in [0.29, 0.717) is 12.1 Å². The van der Waals surface area contributed by atoms with Crippen molar-refractivity contribution in [2.75, 3.05) is 19.0 Å². The Morgan fingerprint density at radius 1 is 1.56 bits per heavy atom. The van der Waals surface area contributed by atoms with E-state index in [4.69, 9.17) is 9.84 Å². The summed E-state index contributed by atoms with van der Waals surface area (Å²) in [5, 5.41) is 11.7. The molecule has 0 fully saturated rings. The second kappa shape index (κ2) is 5.80. The first-order valence-corrected chi connectivity index (χ1v) is 4.91. The van der Waals surface area contributed by atoms with Crippen LogP contribution in [0.25, 0.3) is 0 Å². The summed E-state index contributed by atoms with van der Waals surface area (Å²) < 4.78 is 5.07. The summed E-state index contributed by atoms with van der Waals surface area (Å²) in [7, 11) is 1.60. The molecule has 1 aromatic rings. The standard InChI is InChI=1S/C12H15NO3/c1-9(12(14)15)6-7-13-10-4-3-5-11(8-10)16-2/h3-6,8,13H,7H2,1-2H3,(H,14,15)/b9-6-. The number of carboxylic acids is 1. The van der Waals surface area contributed by atoms with E-state index in [1.807, 2.05) is 24.3 Å². The molecule has 2 N–H and O–H groups in total. The molecule has 0 spiro atoms. The van der Waals surface area contributed by atoms with E-state index >= 15 is 0 Å². The Bertz CT molecular complexity index is 399. The van der Waals surface area contributed by atoms with Crippen molar-refractivity contribution in [1.29, 1.82) is 0 Å². The van der Waals surface area contributed by atoms with Crippen LogP contribution < -0.4 is 10.1 Å². The molecule has 0 radical (unpaired) electrons. The molecule has 4 nitrogen and oxygen atoms in total. The van der Waals surface area contributed by atoms with E-state index in [2.05, 4.69) is 5.32 Å². The van der Waals surface area contributed by atoms with Gasteiger partial charge in [0.05, 0.1) is 7.11 Å². The SMILES string of the molecule is COc1cccc(NC/C=C(/C)C(=O)O)c1. The van der Waals surface area contributed by atoms with Crippen molar-refractivity contribution in [1.82, 2.24) is 0 Å². The summed E-state index contributed by atoms with van der Waals surface area (Å²) in [6.45, 7) is 2.04. The summed E-state index contributed by atoms with van der Waals surface area (Å²) in [5.74, 6) is -0.128. The van der Waals surface area contributed by atoms with E-state index in [1.165, 1.54) is 0 Å². The van der Waals surface area contributed by atoms with Gasteiger partial charge in [-0.25, -0.2) is 4.79 Å². The van der Waals surface area contributed by atoms with Crippen LogP contribution in [0, 0.1) is 0 Å². The van der Waals surface area contributed by atoms with Crippen LogP contribution in [0.2, 0.25) is 0 Å². The van der Waals surface area contributed by atoms with Crippen LogP contribution in [0.4, 0.5) is 5.69 Å². The maximum absolute atomic E-state index is 10.5. The lowest BCUT2D eigenvalue weighted by Gasteiger charge is -2.05. The molecule has 1 rings (SSSR count). The zero-order valence-electron chi connectivity index (χ0n) is 9.36. The van der Waals surface area contributed by atoms with Gasteiger partial charge in [-0.15, -0.1) is 0 Å². The summed E-state index contributed by atoms with van der Waals surface area (Å²) in [6, 6.07) is 7.47. The molecular weight excluding hydrogens is 206 g/mol. The number of benzene rings is 1. The highest BCUT2D eigenvalue weighted by atomic mass is 16.5. The quantitative estimate of drug-likeness (QED) is 0.748. The number of methoxy groups -OCH3 is 1. The van der Waals surface area contributed by atoms with Crippen LogP contribution in [-0.4, -0.2) is 24.7 Å². The van der Waals surface area contributed by atoms with Crippen molar-refractivity contribution in [3.63, 3.8) is 0 Å². The van der Waals surface area contributed by atoms with Crippen LogP contribution in [0.3, 0.4) is 0 Å². The highest BCUT2D eigenvalue weighted by Crippen LogP contribution is 2.16. The second-order valence-corrected chi connectivity index (χ2v) is 3.31. The highest BCUT2D eigenvalue weighted by Gasteiger charge is 1.98. The van der Waals surface area contributed by atoms with Gasteiger partial charge in [0.2, 0.25) is 0 Å². The van der Waals surface area contributed by atoms with E-state index in [1.54, 1.807) is 20.1 Å². The first kappa shape index (κ1) is 12.1. The summed E-state index contributed by atoms with van der Waals surface area (Å²) in [4.78, 5) is 10.5. The minimum atomic E-state index is -0.896. The van der Waals surface area contributed by atoms with Gasteiger partial charge in [0.1, 0.15) is 5.75 Å². The molecule has 0 aliphatic heterocycles. The Hall–Kier alpha value is -1.97. The van der Waals surface area contributed by atoms with Gasteiger partial charge in [0.15, 0.2) is 0 Å². The third kappa shape index (κ3) is 3.65. The third-order valence-corrected chi connectivity index (χ3v) is 2.12. The Morgan fingerprint density at radius 2 is 2.31 bits per heavy atom. The van der Waals surface area contributed by atoms with Crippen molar-refractivity contribution in [2.45, 2.75) is 6.92 Å². The molecule has 0 bridgehead atoms. The third-order valence-electron chi connectivity index (χ3n) is 2.12. The molecular formula is C12H15NO3. The van der Waals surface area contributed by atoms with Crippen molar-refractivity contribution in [3.05, 3.63) is 35.9 Å². The lowest BCUT2D eigenvalue weighted by atomic mass is 10.2. The molecule has 0 saturated heterocycles. The van der Waals surface area contributed by atoms with Crippen molar-refractivity contribution < 1.29 is 14.6 Å². The maximum atomic E-state index is 10.5. The summed E-state index contributed by atoms with van der Waals surface area (Å²) in [5.41, 5.74) is 1.23. The Balaban J connectivity index is 2.55. The molecule has 4 heteroatoms. The van der Waals surface area contributed by atoms with Gasteiger partial charge in [-0.05, 0) is 19.1 Å². The van der Waals surface area contributed by atoms with Gasteiger partial charge in [-0.3, -0.25) is 0 Å². The van der Waals surface area contributed by atoms with Crippen molar-refractivity contribution in [3.8, 4) is 5.75 Å². The minimum absolute atomic E-state index is 0.329. The van der Waals surface area contributed by atoms with Crippen LogP contribution in [0.15, 0.2) is 35.9 Å². The zero-order chi connectivity index (χ0) is 12.0. The minimum Gasteiger partial charge on any atom is -0.497 e. The van der Waals surface area contributed by atoms with Crippen LogP contribution in [-0.2, 0) is 4.79 Å². The highest BCUT2D eigenvalue weighted by molar-refractivity contribution is 5.85. The largest absolute Gasteiger partial charge is 0.497 e. The predicted molar refractivity (Wildman–Crippen MR) is 62.9 cm³/mol. The van der Waals surface area contributed by atoms with Gasteiger partial charge in [0.25, 0.3) is 0 Å². The average molecular weight is 221 g/mol. The first-order valence-electron chi connectivity index (χ1n) is 4.91. The molecule has 0 atom stereocenters. The number of carbonyl (C=O) groups is 1. The second-order valence-electron chi connectivity index (χ2n) is 3.31. The molecule has 0 heterocycles. The van der Waals surface area contributed by atoms with Gasteiger partial charge in [0, 0.05) is 23.9 Å². The van der Waals surface area contributed by atoms with Gasteiger partial charge in [-0.2, -0.15) is 0 Å². The molecule has 0 unspecified atom stereocenters. The maximum Gasteiger partial charge on any atom is 0.331 e. The molecule has 1 aromatic carbocycles. The fourth-order valence-corrected chi connectivity index (χ4v) is 1.14. The number of nitrogens with one attached hydrogen (secondary N) is 1. The molecule has 86 valence electrons. The van der Waals surface area contributed by atoms with E-state index < -0.39 is 5.97 Å². The Kier molecular flexibility index (Phi) is 4.39. The lowest BCUT2D eigenvalue weighted by Crippen LogP contribution is -2.03.